The molecule has 1 fully saturated rings. The van der Waals surface area contributed by atoms with E-state index in [9.17, 15) is 0 Å². The van der Waals surface area contributed by atoms with Crippen molar-refractivity contribution in [1.29, 1.82) is 0 Å². The predicted octanol–water partition coefficient (Wildman–Crippen LogP) is 3.75. The first-order valence-corrected chi connectivity index (χ1v) is 11.8. The van der Waals surface area contributed by atoms with Crippen molar-refractivity contribution in [3.8, 4) is 0 Å². The molecule has 0 aromatic carbocycles. The van der Waals surface area contributed by atoms with Gasteiger partial charge in [0.25, 0.3) is 0 Å². The van der Waals surface area contributed by atoms with E-state index in [1.807, 2.05) is 10.6 Å². The predicted molar refractivity (Wildman–Crippen MR) is 130 cm³/mol. The van der Waals surface area contributed by atoms with Gasteiger partial charge in [0.2, 0.25) is 5.95 Å². The SMILES string of the molecule is [2H]C1([2H])c2ncccc2[C@@]([2H])(N)C12CCN(c1ncc(Sc3ccnc(N)c3Cl)c3nccn13)CC2. The van der Waals surface area contributed by atoms with Gasteiger partial charge in [0.15, 0.2) is 5.65 Å². The number of halogens is 1. The smallest absolute Gasteiger partial charge is 0.211 e. The van der Waals surface area contributed by atoms with Crippen LogP contribution in [-0.2, 0) is 6.37 Å². The van der Waals surface area contributed by atoms with Gasteiger partial charge in [-0.25, -0.2) is 15.0 Å². The zero-order valence-electron chi connectivity index (χ0n) is 20.6. The molecule has 4 aromatic heterocycles. The van der Waals surface area contributed by atoms with Gasteiger partial charge in [0, 0.05) is 63.4 Å². The van der Waals surface area contributed by atoms with E-state index in [-0.39, 0.29) is 11.5 Å². The summed E-state index contributed by atoms with van der Waals surface area (Å²) < 4.78 is 28.8. The minimum Gasteiger partial charge on any atom is -0.382 e. The van der Waals surface area contributed by atoms with Crippen molar-refractivity contribution in [3.05, 3.63) is 65.5 Å². The molecule has 0 radical (unpaired) electrons. The average molecular weight is 482 g/mol. The molecule has 168 valence electrons. The number of anilines is 2. The Morgan fingerprint density at radius 1 is 1.12 bits per heavy atom. The molecule has 4 N–H and O–H groups in total. The molecule has 1 atom stereocenters. The lowest BCUT2D eigenvalue weighted by Gasteiger charge is -2.42. The molecular formula is C23H23ClN8S. The molecule has 1 aliphatic heterocycles. The third-order valence-electron chi connectivity index (χ3n) is 6.35. The number of hydrogen-bond acceptors (Lipinski definition) is 8. The van der Waals surface area contributed by atoms with Crippen molar-refractivity contribution < 1.29 is 4.11 Å². The number of pyridine rings is 2. The number of imidazole rings is 1. The van der Waals surface area contributed by atoms with Crippen LogP contribution in [0.5, 0.6) is 0 Å². The zero-order valence-corrected chi connectivity index (χ0v) is 19.1. The largest absolute Gasteiger partial charge is 0.382 e. The molecule has 1 aliphatic carbocycles. The first kappa shape index (κ1) is 17.6. The number of piperidine rings is 1. The van der Waals surface area contributed by atoms with Crippen LogP contribution in [0.1, 0.15) is 34.2 Å². The van der Waals surface area contributed by atoms with Crippen LogP contribution >= 0.6 is 23.4 Å². The van der Waals surface area contributed by atoms with E-state index in [2.05, 4.69) is 19.9 Å². The highest BCUT2D eigenvalue weighted by Gasteiger charge is 2.46. The van der Waals surface area contributed by atoms with E-state index in [0.29, 0.717) is 42.5 Å². The Morgan fingerprint density at radius 3 is 2.79 bits per heavy atom. The molecule has 0 saturated carbocycles. The third kappa shape index (κ3) is 3.34. The molecule has 1 saturated heterocycles. The maximum atomic E-state index is 9.03. The fourth-order valence-corrected chi connectivity index (χ4v) is 5.72. The van der Waals surface area contributed by atoms with Crippen molar-refractivity contribution in [3.63, 3.8) is 0 Å². The van der Waals surface area contributed by atoms with Gasteiger partial charge in [0.05, 0.1) is 11.3 Å². The molecule has 0 unspecified atom stereocenters. The second-order valence-corrected chi connectivity index (χ2v) is 9.62. The Kier molecular flexibility index (Phi) is 4.19. The van der Waals surface area contributed by atoms with E-state index in [1.54, 1.807) is 43.0 Å². The van der Waals surface area contributed by atoms with Crippen LogP contribution in [0, 0.1) is 5.41 Å². The fraction of sp³-hybridized carbons (Fsp3) is 0.304. The Labute approximate surface area is 204 Å². The molecule has 8 nitrogen and oxygen atoms in total. The number of rotatable bonds is 3. The van der Waals surface area contributed by atoms with Crippen molar-refractivity contribution in [1.82, 2.24) is 24.3 Å². The van der Waals surface area contributed by atoms with Crippen LogP contribution in [0.15, 0.2) is 59.0 Å². The van der Waals surface area contributed by atoms with Gasteiger partial charge in [-0.1, -0.05) is 29.4 Å². The molecule has 5 heterocycles. The molecule has 1 spiro atoms. The van der Waals surface area contributed by atoms with Crippen LogP contribution < -0.4 is 16.4 Å². The van der Waals surface area contributed by atoms with Crippen molar-refractivity contribution in [2.45, 2.75) is 35.0 Å². The van der Waals surface area contributed by atoms with Crippen LogP contribution in [0.25, 0.3) is 5.65 Å². The summed E-state index contributed by atoms with van der Waals surface area (Å²) in [6.07, 6.45) is 7.45. The van der Waals surface area contributed by atoms with Crippen molar-refractivity contribution >= 4 is 40.8 Å². The number of nitrogens with two attached hydrogens (primary N) is 2. The van der Waals surface area contributed by atoms with E-state index >= 15 is 0 Å². The summed E-state index contributed by atoms with van der Waals surface area (Å²) in [5, 5.41) is 0.389. The van der Waals surface area contributed by atoms with Gasteiger partial charge in [0.1, 0.15) is 5.82 Å². The summed E-state index contributed by atoms with van der Waals surface area (Å²) in [4.78, 5) is 21.2. The number of aromatic nitrogens is 5. The minimum atomic E-state index is -1.81. The number of nitrogen functional groups attached to an aromatic ring is 1. The summed E-state index contributed by atoms with van der Waals surface area (Å²) in [6, 6.07) is 3.66. The topological polar surface area (TPSA) is 111 Å². The molecular weight excluding hydrogens is 456 g/mol. The first-order valence-electron chi connectivity index (χ1n) is 12.1. The summed E-state index contributed by atoms with van der Waals surface area (Å²) >= 11 is 7.75. The molecule has 2 aliphatic rings. The maximum absolute atomic E-state index is 9.03. The summed E-state index contributed by atoms with van der Waals surface area (Å²) in [5.41, 5.74) is 12.8. The molecule has 10 heteroatoms. The molecule has 0 bridgehead atoms. The molecule has 4 aromatic rings. The first-order chi connectivity index (χ1) is 17.2. The highest BCUT2D eigenvalue weighted by Crippen LogP contribution is 2.50. The normalized spacial score (nSPS) is 24.4. The van der Waals surface area contributed by atoms with E-state index in [4.69, 9.17) is 32.2 Å². The average Bonchev–Trinajstić information content (AvgIpc) is 3.41. The van der Waals surface area contributed by atoms with Gasteiger partial charge < -0.3 is 16.4 Å². The highest BCUT2D eigenvalue weighted by atomic mass is 35.5. The Bertz CT molecular complexity index is 1450. The zero-order chi connectivity index (χ0) is 25.3. The third-order valence-corrected chi connectivity index (χ3v) is 7.92. The summed E-state index contributed by atoms with van der Waals surface area (Å²) in [5.74, 6) is 0.964. The van der Waals surface area contributed by atoms with Gasteiger partial charge in [-0.3, -0.25) is 9.38 Å². The Balaban J connectivity index is 1.30. The lowest BCUT2D eigenvalue weighted by atomic mass is 9.73. The molecule has 0 amide bonds. The molecule has 33 heavy (non-hydrogen) atoms. The van der Waals surface area contributed by atoms with E-state index < -0.39 is 17.8 Å². The highest BCUT2D eigenvalue weighted by molar-refractivity contribution is 7.99. The standard InChI is InChI=1S/C23H23ClN8S/c24-18-16(3-7-28-20(18)26)33-17-13-30-22(32-11-8-29-21(17)32)31-9-4-23(5-10-31)12-15-14(19(23)25)2-1-6-27-15/h1-3,6-8,11,13,19H,4-5,9-10,12,25H2,(H2,26,28)/t19-/m1/s1/i12D2,19D. The fourth-order valence-electron chi connectivity index (χ4n) is 4.58. The summed E-state index contributed by atoms with van der Waals surface area (Å²) in [6.45, 7) is 0.982. The number of fused-ring (bicyclic) bond motifs is 2. The van der Waals surface area contributed by atoms with Gasteiger partial charge >= 0.3 is 0 Å². The van der Waals surface area contributed by atoms with Crippen molar-refractivity contribution in [2.24, 2.45) is 11.1 Å². The van der Waals surface area contributed by atoms with Gasteiger partial charge in [-0.2, -0.15) is 0 Å². The van der Waals surface area contributed by atoms with Crippen LogP contribution in [0.4, 0.5) is 11.8 Å². The lowest BCUT2D eigenvalue weighted by Crippen LogP contribution is -2.45. The second kappa shape index (κ2) is 7.86. The van der Waals surface area contributed by atoms with Crippen molar-refractivity contribution in [2.75, 3.05) is 23.7 Å². The Morgan fingerprint density at radius 2 is 1.97 bits per heavy atom. The summed E-state index contributed by atoms with van der Waals surface area (Å²) in [7, 11) is 0. The van der Waals surface area contributed by atoms with Gasteiger partial charge in [-0.15, -0.1) is 0 Å². The Hall–Kier alpha value is -2.88. The lowest BCUT2D eigenvalue weighted by molar-refractivity contribution is 0.186. The van der Waals surface area contributed by atoms with E-state index in [1.165, 1.54) is 11.8 Å². The minimum absolute atomic E-state index is 0.266. The van der Waals surface area contributed by atoms with Crippen LogP contribution in [0.2, 0.25) is 5.02 Å². The number of hydrogen-bond donors (Lipinski definition) is 2. The molecule has 6 rings (SSSR count). The second-order valence-electron chi connectivity index (χ2n) is 8.16. The quantitative estimate of drug-likeness (QED) is 0.455. The van der Waals surface area contributed by atoms with E-state index in [0.717, 1.165) is 15.4 Å². The van der Waals surface area contributed by atoms with Gasteiger partial charge in [-0.05, 0) is 42.3 Å². The van der Waals surface area contributed by atoms with Crippen LogP contribution in [-0.4, -0.2) is 37.4 Å². The monoisotopic (exact) mass is 481 g/mol. The maximum Gasteiger partial charge on any atom is 0.211 e. The van der Waals surface area contributed by atoms with Crippen LogP contribution in [0.3, 0.4) is 0 Å². The number of nitrogens with zero attached hydrogens (tertiary/aromatic N) is 6.